The zero-order valence-corrected chi connectivity index (χ0v) is 11.2. The molecule has 0 aliphatic carbocycles. The van der Waals surface area contributed by atoms with Crippen LogP contribution in [0.3, 0.4) is 0 Å². The van der Waals surface area contributed by atoms with Crippen LogP contribution in [-0.2, 0) is 25.5 Å². The molecule has 1 unspecified atom stereocenters. The van der Waals surface area contributed by atoms with Crippen molar-refractivity contribution in [2.45, 2.75) is 12.5 Å². The maximum Gasteiger partial charge on any atom is 0.331 e. The molecule has 108 valence electrons. The Balaban J connectivity index is 2.10. The van der Waals surface area contributed by atoms with Crippen molar-refractivity contribution in [3.63, 3.8) is 0 Å². The minimum absolute atomic E-state index is 0.0418. The van der Waals surface area contributed by atoms with Crippen LogP contribution in [0.25, 0.3) is 0 Å². The number of para-hydroxylation sites is 1. The average molecular weight is 279 g/mol. The number of phenols is 1. The molecular formula is C14H17NO5. The lowest BCUT2D eigenvalue weighted by atomic mass is 10.1. The molecule has 0 radical (unpaired) electrons. The van der Waals surface area contributed by atoms with E-state index in [1.165, 1.54) is 18.1 Å². The van der Waals surface area contributed by atoms with Crippen molar-refractivity contribution < 1.29 is 24.2 Å². The third kappa shape index (κ3) is 3.08. The van der Waals surface area contributed by atoms with Gasteiger partial charge >= 0.3 is 5.97 Å². The molecule has 6 heteroatoms. The van der Waals surface area contributed by atoms with Crippen molar-refractivity contribution in [3.05, 3.63) is 29.8 Å². The number of amides is 1. The molecule has 1 N–H and O–H groups in total. The number of aromatic hydroxyl groups is 1. The first kappa shape index (κ1) is 14.3. The number of ether oxygens (including phenoxy) is 2. The lowest BCUT2D eigenvalue weighted by Gasteiger charge is -2.33. The Labute approximate surface area is 116 Å². The molecule has 1 amide bonds. The number of carbonyl (C=O) groups is 2. The van der Waals surface area contributed by atoms with Crippen LogP contribution in [0.1, 0.15) is 5.56 Å². The summed E-state index contributed by atoms with van der Waals surface area (Å²) in [6.45, 7) is 0.866. The monoisotopic (exact) mass is 279 g/mol. The highest BCUT2D eigenvalue weighted by molar-refractivity contribution is 5.86. The van der Waals surface area contributed by atoms with Crippen LogP contribution in [-0.4, -0.2) is 54.8 Å². The van der Waals surface area contributed by atoms with Crippen molar-refractivity contribution >= 4 is 11.9 Å². The van der Waals surface area contributed by atoms with Gasteiger partial charge in [0.2, 0.25) is 5.91 Å². The van der Waals surface area contributed by atoms with Crippen molar-refractivity contribution in [3.8, 4) is 5.75 Å². The number of rotatable bonds is 3. The number of hydrogen-bond donors (Lipinski definition) is 1. The summed E-state index contributed by atoms with van der Waals surface area (Å²) in [5.41, 5.74) is 0.535. The van der Waals surface area contributed by atoms with E-state index in [1.54, 1.807) is 18.2 Å². The van der Waals surface area contributed by atoms with E-state index in [0.717, 1.165) is 0 Å². The van der Waals surface area contributed by atoms with E-state index >= 15 is 0 Å². The van der Waals surface area contributed by atoms with Crippen LogP contribution in [0.2, 0.25) is 0 Å². The van der Waals surface area contributed by atoms with Gasteiger partial charge in [0.15, 0.2) is 6.04 Å². The van der Waals surface area contributed by atoms with Crippen LogP contribution < -0.4 is 0 Å². The maximum absolute atomic E-state index is 12.3. The molecule has 0 saturated carbocycles. The molecule has 6 nitrogen and oxygen atoms in total. The third-order valence-corrected chi connectivity index (χ3v) is 3.26. The van der Waals surface area contributed by atoms with Gasteiger partial charge in [-0.05, 0) is 6.07 Å². The summed E-state index contributed by atoms with van der Waals surface area (Å²) in [5.74, 6) is -0.649. The summed E-state index contributed by atoms with van der Waals surface area (Å²) < 4.78 is 9.90. The molecule has 1 aromatic rings. The summed E-state index contributed by atoms with van der Waals surface area (Å²) in [5, 5.41) is 9.69. The Hall–Kier alpha value is -2.08. The summed E-state index contributed by atoms with van der Waals surface area (Å²) in [4.78, 5) is 25.4. The summed E-state index contributed by atoms with van der Waals surface area (Å²) >= 11 is 0. The number of benzene rings is 1. The number of esters is 1. The number of hydrogen-bond acceptors (Lipinski definition) is 5. The summed E-state index contributed by atoms with van der Waals surface area (Å²) in [6.07, 6.45) is 0.0418. The standard InChI is InChI=1S/C14H17NO5/c1-19-14(18)11-9-20-7-6-15(11)13(17)8-10-4-2-3-5-12(10)16/h2-5,11,16H,6-9H2,1H3. The van der Waals surface area contributed by atoms with Gasteiger partial charge in [0.1, 0.15) is 5.75 Å². The SMILES string of the molecule is COC(=O)C1COCCN1C(=O)Cc1ccccc1O. The quantitative estimate of drug-likeness (QED) is 0.807. The van der Waals surface area contributed by atoms with E-state index in [-0.39, 0.29) is 24.7 Å². The van der Waals surface area contributed by atoms with E-state index < -0.39 is 12.0 Å². The predicted octanol–water partition coefficient (Wildman–Crippen LogP) is 0.335. The van der Waals surface area contributed by atoms with Gasteiger partial charge < -0.3 is 19.5 Å². The molecule has 2 rings (SSSR count). The van der Waals surface area contributed by atoms with E-state index in [1.807, 2.05) is 0 Å². The van der Waals surface area contributed by atoms with Crippen LogP contribution in [0.5, 0.6) is 5.75 Å². The highest BCUT2D eigenvalue weighted by atomic mass is 16.5. The van der Waals surface area contributed by atoms with Crippen molar-refractivity contribution in [2.75, 3.05) is 26.9 Å². The second-order valence-corrected chi connectivity index (χ2v) is 4.51. The predicted molar refractivity (Wildman–Crippen MR) is 70.1 cm³/mol. The van der Waals surface area contributed by atoms with E-state index in [2.05, 4.69) is 4.74 Å². The molecule has 20 heavy (non-hydrogen) atoms. The Morgan fingerprint density at radius 3 is 2.90 bits per heavy atom. The van der Waals surface area contributed by atoms with Gasteiger partial charge in [-0.1, -0.05) is 18.2 Å². The smallest absolute Gasteiger partial charge is 0.331 e. The van der Waals surface area contributed by atoms with Crippen molar-refractivity contribution in [1.82, 2.24) is 4.90 Å². The largest absolute Gasteiger partial charge is 0.508 e. The first-order valence-corrected chi connectivity index (χ1v) is 6.35. The molecule has 0 bridgehead atoms. The number of methoxy groups -OCH3 is 1. The van der Waals surface area contributed by atoms with E-state index in [0.29, 0.717) is 18.7 Å². The fourth-order valence-electron chi connectivity index (χ4n) is 2.16. The normalized spacial score (nSPS) is 18.6. The average Bonchev–Trinajstić information content (AvgIpc) is 2.48. The molecule has 1 saturated heterocycles. The van der Waals surface area contributed by atoms with Gasteiger partial charge in [0.25, 0.3) is 0 Å². The van der Waals surface area contributed by atoms with Crippen molar-refractivity contribution in [2.24, 2.45) is 0 Å². The first-order chi connectivity index (χ1) is 9.63. The molecule has 1 fully saturated rings. The van der Waals surface area contributed by atoms with E-state index in [9.17, 15) is 14.7 Å². The summed E-state index contributed by atoms with van der Waals surface area (Å²) in [6, 6.07) is 5.93. The fraction of sp³-hybridized carbons (Fsp3) is 0.429. The van der Waals surface area contributed by atoms with Gasteiger partial charge in [-0.15, -0.1) is 0 Å². The van der Waals surface area contributed by atoms with Crippen LogP contribution in [0.15, 0.2) is 24.3 Å². The van der Waals surface area contributed by atoms with Crippen LogP contribution >= 0.6 is 0 Å². The lowest BCUT2D eigenvalue weighted by molar-refractivity contribution is -0.160. The molecule has 0 spiro atoms. The lowest BCUT2D eigenvalue weighted by Crippen LogP contribution is -2.53. The maximum atomic E-state index is 12.3. The third-order valence-electron chi connectivity index (χ3n) is 3.26. The molecular weight excluding hydrogens is 262 g/mol. The Bertz CT molecular complexity index is 502. The molecule has 1 atom stereocenters. The number of carbonyl (C=O) groups excluding carboxylic acids is 2. The number of phenolic OH excluding ortho intramolecular Hbond substituents is 1. The molecule has 1 aliphatic rings. The van der Waals surface area contributed by atoms with Gasteiger partial charge in [0, 0.05) is 12.1 Å². The number of morpholine rings is 1. The zero-order chi connectivity index (χ0) is 14.5. The zero-order valence-electron chi connectivity index (χ0n) is 11.2. The Kier molecular flexibility index (Phi) is 4.57. The minimum atomic E-state index is -0.716. The van der Waals surface area contributed by atoms with Crippen LogP contribution in [0.4, 0.5) is 0 Å². The highest BCUT2D eigenvalue weighted by Gasteiger charge is 2.33. The first-order valence-electron chi connectivity index (χ1n) is 6.35. The molecule has 0 aromatic heterocycles. The molecule has 1 heterocycles. The van der Waals surface area contributed by atoms with Gasteiger partial charge in [-0.2, -0.15) is 0 Å². The fourth-order valence-corrected chi connectivity index (χ4v) is 2.16. The second-order valence-electron chi connectivity index (χ2n) is 4.51. The second kappa shape index (κ2) is 6.38. The van der Waals surface area contributed by atoms with Crippen LogP contribution in [0, 0.1) is 0 Å². The van der Waals surface area contributed by atoms with E-state index in [4.69, 9.17) is 4.74 Å². The van der Waals surface area contributed by atoms with Crippen molar-refractivity contribution in [1.29, 1.82) is 0 Å². The number of nitrogens with zero attached hydrogens (tertiary/aromatic N) is 1. The van der Waals surface area contributed by atoms with Gasteiger partial charge in [-0.25, -0.2) is 4.79 Å². The summed E-state index contributed by atoms with van der Waals surface area (Å²) in [7, 11) is 1.28. The highest BCUT2D eigenvalue weighted by Crippen LogP contribution is 2.18. The molecule has 1 aliphatic heterocycles. The van der Waals surface area contributed by atoms with Gasteiger partial charge in [-0.3, -0.25) is 4.79 Å². The minimum Gasteiger partial charge on any atom is -0.508 e. The van der Waals surface area contributed by atoms with Gasteiger partial charge in [0.05, 0.1) is 26.7 Å². The topological polar surface area (TPSA) is 76.1 Å². The Morgan fingerprint density at radius 1 is 1.45 bits per heavy atom. The molecule has 1 aromatic carbocycles. The Morgan fingerprint density at radius 2 is 2.20 bits per heavy atom.